The molecule has 82 valence electrons. The molecule has 0 amide bonds. The first-order valence-electron chi connectivity index (χ1n) is 4.04. The second kappa shape index (κ2) is 5.79. The van der Waals surface area contributed by atoms with E-state index in [2.05, 4.69) is 41.1 Å². The molecule has 1 heterocycles. The Hall–Kier alpha value is -0.850. The Kier molecular flexibility index (Phi) is 5.44. The number of aryl methyl sites for hydroxylation is 2. The predicted molar refractivity (Wildman–Crippen MR) is 53.3 cm³/mol. The largest absolute Gasteiger partial charge is 0.397 e. The van der Waals surface area contributed by atoms with Crippen LogP contribution < -0.4 is 0 Å². The van der Waals surface area contributed by atoms with Crippen LogP contribution in [0.1, 0.15) is 12.6 Å². The quantitative estimate of drug-likeness (QED) is 0.757. The molecule has 5 nitrogen and oxygen atoms in total. The van der Waals surface area contributed by atoms with Crippen molar-refractivity contribution < 1.29 is 17.2 Å². The van der Waals surface area contributed by atoms with E-state index >= 15 is 0 Å². The Balaban J connectivity index is 0.000000255. The molecule has 0 aliphatic rings. The van der Waals surface area contributed by atoms with Gasteiger partial charge in [0.2, 0.25) is 0 Å². The molecule has 6 heteroatoms. The summed E-state index contributed by atoms with van der Waals surface area (Å²) in [6.07, 6.45) is 3.20. The van der Waals surface area contributed by atoms with E-state index in [0.717, 1.165) is 13.5 Å². The molecule has 0 spiro atoms. The van der Waals surface area contributed by atoms with Gasteiger partial charge in [-0.3, -0.25) is 8.74 Å². The molecule has 0 radical (unpaired) electrons. The van der Waals surface area contributed by atoms with Crippen LogP contribution in [0.15, 0.2) is 18.3 Å². The molecule has 0 saturated carbocycles. The van der Waals surface area contributed by atoms with Crippen molar-refractivity contribution in [2.75, 3.05) is 7.11 Å². The topological polar surface area (TPSA) is 68.5 Å². The van der Waals surface area contributed by atoms with Crippen LogP contribution >= 0.6 is 0 Å². The molecule has 1 N–H and O–H groups in total. The fourth-order valence-corrected chi connectivity index (χ4v) is 0.864. The molecule has 0 aliphatic carbocycles. The van der Waals surface area contributed by atoms with E-state index in [1.165, 1.54) is 5.69 Å². The smallest absolute Gasteiger partial charge is 0.354 e. The Morgan fingerprint density at radius 3 is 2.21 bits per heavy atom. The van der Waals surface area contributed by atoms with E-state index in [1.54, 1.807) is 0 Å². The summed E-state index contributed by atoms with van der Waals surface area (Å²) in [6.45, 7) is 2.16. The van der Waals surface area contributed by atoms with Crippen molar-refractivity contribution in [2.45, 2.75) is 13.3 Å². The standard InChI is InChI=1S/C7H11N.CH4O4S/c1-3-7-5-4-6-8(7)2;1-5-6(2,3)4/h4-6H,3H2,1-2H3;1H3,(H,2,3,4). The lowest BCUT2D eigenvalue weighted by atomic mass is 10.3. The zero-order valence-electron chi connectivity index (χ0n) is 8.47. The summed E-state index contributed by atoms with van der Waals surface area (Å²) in [7, 11) is -1.22. The van der Waals surface area contributed by atoms with Crippen molar-refractivity contribution in [3.8, 4) is 0 Å². The summed E-state index contributed by atoms with van der Waals surface area (Å²) < 4.78 is 31.8. The third-order valence-electron chi connectivity index (χ3n) is 1.62. The van der Waals surface area contributed by atoms with Crippen LogP contribution in [-0.4, -0.2) is 24.6 Å². The average molecular weight is 221 g/mol. The molecule has 0 fully saturated rings. The van der Waals surface area contributed by atoms with Crippen LogP contribution in [0.4, 0.5) is 0 Å². The van der Waals surface area contributed by atoms with Crippen LogP contribution in [0.5, 0.6) is 0 Å². The average Bonchev–Trinajstić information content (AvgIpc) is 2.51. The molecule has 0 aromatic carbocycles. The van der Waals surface area contributed by atoms with Crippen LogP contribution in [0, 0.1) is 0 Å². The number of hydrogen-bond acceptors (Lipinski definition) is 3. The monoisotopic (exact) mass is 221 g/mol. The zero-order chi connectivity index (χ0) is 11.2. The van der Waals surface area contributed by atoms with Gasteiger partial charge in [-0.05, 0) is 18.6 Å². The summed E-state index contributed by atoms with van der Waals surface area (Å²) in [4.78, 5) is 0. The molecule has 14 heavy (non-hydrogen) atoms. The second-order valence-electron chi connectivity index (χ2n) is 2.56. The van der Waals surface area contributed by atoms with Crippen molar-refractivity contribution in [2.24, 2.45) is 7.05 Å². The minimum Gasteiger partial charge on any atom is -0.354 e. The van der Waals surface area contributed by atoms with Gasteiger partial charge in [-0.1, -0.05) is 6.92 Å². The van der Waals surface area contributed by atoms with E-state index in [-0.39, 0.29) is 0 Å². The molecule has 0 atom stereocenters. The molecule has 0 aliphatic heterocycles. The van der Waals surface area contributed by atoms with Crippen molar-refractivity contribution in [1.82, 2.24) is 4.57 Å². The van der Waals surface area contributed by atoms with Crippen molar-refractivity contribution in [3.63, 3.8) is 0 Å². The van der Waals surface area contributed by atoms with Gasteiger partial charge in [-0.15, -0.1) is 0 Å². The summed E-state index contributed by atoms with van der Waals surface area (Å²) in [5.74, 6) is 0. The molecule has 1 rings (SSSR count). The highest BCUT2D eigenvalue weighted by Crippen LogP contribution is 1.98. The first kappa shape index (κ1) is 13.2. The van der Waals surface area contributed by atoms with Crippen molar-refractivity contribution in [3.05, 3.63) is 24.0 Å². The molecule has 1 aromatic rings. The van der Waals surface area contributed by atoms with Crippen LogP contribution in [-0.2, 0) is 28.1 Å². The lowest BCUT2D eigenvalue weighted by Gasteiger charge is -1.95. The van der Waals surface area contributed by atoms with E-state index < -0.39 is 10.4 Å². The molecular weight excluding hydrogens is 206 g/mol. The SMILES string of the molecule is CCc1cccn1C.COS(=O)(=O)O. The van der Waals surface area contributed by atoms with Gasteiger partial charge in [-0.2, -0.15) is 8.42 Å². The van der Waals surface area contributed by atoms with Crippen molar-refractivity contribution >= 4 is 10.4 Å². The lowest BCUT2D eigenvalue weighted by molar-refractivity contribution is 0.324. The van der Waals surface area contributed by atoms with Gasteiger partial charge in [0.15, 0.2) is 0 Å². The highest BCUT2D eigenvalue weighted by atomic mass is 32.3. The molecule has 0 bridgehead atoms. The Morgan fingerprint density at radius 1 is 1.57 bits per heavy atom. The van der Waals surface area contributed by atoms with Crippen LogP contribution in [0.25, 0.3) is 0 Å². The Morgan fingerprint density at radius 2 is 2.07 bits per heavy atom. The maximum absolute atomic E-state index is 9.33. The molecular formula is C8H15NO4S. The summed E-state index contributed by atoms with van der Waals surface area (Å²) in [5, 5.41) is 0. The summed E-state index contributed by atoms with van der Waals surface area (Å²) in [5.41, 5.74) is 1.39. The van der Waals surface area contributed by atoms with Gasteiger partial charge >= 0.3 is 10.4 Å². The summed E-state index contributed by atoms with van der Waals surface area (Å²) >= 11 is 0. The minimum atomic E-state index is -4.16. The lowest BCUT2D eigenvalue weighted by Crippen LogP contribution is -1.96. The number of aromatic nitrogens is 1. The number of rotatable bonds is 2. The van der Waals surface area contributed by atoms with Crippen LogP contribution in [0.3, 0.4) is 0 Å². The maximum Gasteiger partial charge on any atom is 0.397 e. The second-order valence-corrected chi connectivity index (χ2v) is 3.75. The van der Waals surface area contributed by atoms with Gasteiger partial charge in [0.1, 0.15) is 0 Å². The first-order valence-corrected chi connectivity index (χ1v) is 5.40. The number of hydrogen-bond donors (Lipinski definition) is 1. The fourth-order valence-electron chi connectivity index (χ4n) is 0.864. The van der Waals surface area contributed by atoms with Crippen molar-refractivity contribution in [1.29, 1.82) is 0 Å². The predicted octanol–water partition coefficient (Wildman–Crippen LogP) is 1.02. The van der Waals surface area contributed by atoms with Crippen LogP contribution in [0.2, 0.25) is 0 Å². The molecule has 0 unspecified atom stereocenters. The third-order valence-corrected chi connectivity index (χ3v) is 2.05. The first-order chi connectivity index (χ1) is 6.40. The van der Waals surface area contributed by atoms with Gasteiger partial charge in [0, 0.05) is 18.9 Å². The van der Waals surface area contributed by atoms with E-state index in [1.807, 2.05) is 0 Å². The minimum absolute atomic E-state index is 0.870. The molecule has 1 aromatic heterocycles. The van der Waals surface area contributed by atoms with Gasteiger partial charge in [0.25, 0.3) is 0 Å². The van der Waals surface area contributed by atoms with E-state index in [9.17, 15) is 8.42 Å². The van der Waals surface area contributed by atoms with Gasteiger partial charge in [0.05, 0.1) is 7.11 Å². The summed E-state index contributed by atoms with van der Waals surface area (Å²) in [6, 6.07) is 4.21. The zero-order valence-corrected chi connectivity index (χ0v) is 9.28. The van der Waals surface area contributed by atoms with Gasteiger partial charge in [-0.25, -0.2) is 0 Å². The Bertz CT molecular complexity index is 355. The van der Waals surface area contributed by atoms with E-state index in [4.69, 9.17) is 4.55 Å². The Labute approximate surface area is 84.3 Å². The highest BCUT2D eigenvalue weighted by Gasteiger charge is 1.94. The van der Waals surface area contributed by atoms with Gasteiger partial charge < -0.3 is 4.57 Å². The highest BCUT2D eigenvalue weighted by molar-refractivity contribution is 7.80. The molecule has 0 saturated heterocycles. The fraction of sp³-hybridized carbons (Fsp3) is 0.500. The van der Waals surface area contributed by atoms with E-state index in [0.29, 0.717) is 0 Å². The third kappa shape index (κ3) is 5.74. The normalized spacial score (nSPS) is 10.6. The maximum atomic E-state index is 9.33. The number of nitrogens with zero attached hydrogens (tertiary/aromatic N) is 1.